The maximum Gasteiger partial charge on any atom is 0.266 e. The fraction of sp³-hybridized carbons (Fsp3) is 0.304. The number of aromatic hydroxyl groups is 2. The Morgan fingerprint density at radius 2 is 0.471 bits per heavy atom. The molecule has 104 heavy (non-hydrogen) atoms. The van der Waals surface area contributed by atoms with Crippen molar-refractivity contribution in [2.45, 2.75) is 184 Å². The first-order chi connectivity index (χ1) is 48.9. The molecule has 0 radical (unpaired) electrons. The van der Waals surface area contributed by atoms with Gasteiger partial charge in [-0.15, -0.1) is 0 Å². The molecule has 4 heterocycles. The molecular formula is C92H86N6O6. The third-order valence-corrected chi connectivity index (χ3v) is 22.6. The molecule has 0 unspecified atom stereocenters. The summed E-state index contributed by atoms with van der Waals surface area (Å²) < 4.78 is 2.80. The van der Waals surface area contributed by atoms with Gasteiger partial charge in [-0.3, -0.25) is 19.2 Å². The van der Waals surface area contributed by atoms with Crippen LogP contribution in [0.25, 0.3) is 163 Å². The molecule has 12 nitrogen and oxygen atoms in total. The largest absolute Gasteiger partial charge is 0.508 e. The predicted octanol–water partition coefficient (Wildman–Crippen LogP) is 21.8. The zero-order valence-corrected chi connectivity index (χ0v) is 63.1. The highest BCUT2D eigenvalue weighted by Gasteiger charge is 2.35. The van der Waals surface area contributed by atoms with Crippen LogP contribution in [-0.2, 0) is 21.7 Å². The van der Waals surface area contributed by atoms with Crippen LogP contribution in [0.1, 0.15) is 207 Å². The van der Waals surface area contributed by atoms with Gasteiger partial charge in [0.05, 0.1) is 77.1 Å². The Kier molecular flexibility index (Phi) is 14.0. The minimum atomic E-state index is -0.386. The zero-order chi connectivity index (χ0) is 73.8. The lowest BCUT2D eigenvalue weighted by molar-refractivity contribution is 0.472. The number of rotatable bonds is 6. The predicted molar refractivity (Wildman–Crippen MR) is 434 cm³/mol. The van der Waals surface area contributed by atoms with Gasteiger partial charge in [-0.25, -0.2) is 29.1 Å². The molecule has 2 N–H and O–H groups in total. The van der Waals surface area contributed by atoms with Crippen molar-refractivity contribution in [3.05, 3.63) is 207 Å². The third-order valence-electron chi connectivity index (χ3n) is 22.6. The number of benzene rings is 12. The lowest BCUT2D eigenvalue weighted by Crippen LogP contribution is -2.26. The van der Waals surface area contributed by atoms with E-state index in [0.717, 1.165) is 109 Å². The van der Waals surface area contributed by atoms with Gasteiger partial charge in [0.1, 0.15) is 11.5 Å². The van der Waals surface area contributed by atoms with E-state index in [-0.39, 0.29) is 79.1 Å². The fourth-order valence-corrected chi connectivity index (χ4v) is 16.9. The molecule has 17 aromatic rings. The Bertz CT molecular complexity index is 6190. The number of phenolic OH excluding ortho intramolecular Hbond substituents is 2. The van der Waals surface area contributed by atoms with E-state index >= 15 is 19.2 Å². The summed E-state index contributed by atoms with van der Waals surface area (Å²) in [5.74, 6) is -0.280. The highest BCUT2D eigenvalue weighted by Crippen LogP contribution is 2.50. The van der Waals surface area contributed by atoms with Gasteiger partial charge in [0.25, 0.3) is 22.2 Å². The van der Waals surface area contributed by atoms with Crippen LogP contribution in [0.15, 0.2) is 141 Å². The SMILES string of the molecule is CC(C)c1cc(O)cc(C(C)C)c1-n1c(=O)c2c3cc(C(C)(C)C)cc4c5nc6cc7ccc8cc9nc%10c%11cc(C(C)(C)C)cc%12c%13c(=O)n(-c%14c(C(C)C)cc(O)cc%14C(C)C)c(=O)c%13c%13cc(C(C)(C)C)cc(c%10nc9cc8ccc7cc6nc5c5cc(C(C)(C)C)cc(c2c1=O)c5c43)c%13c%11%12. The highest BCUT2D eigenvalue weighted by molar-refractivity contribution is 6.41. The summed E-state index contributed by atoms with van der Waals surface area (Å²) in [6.07, 6.45) is 0. The minimum Gasteiger partial charge on any atom is -0.508 e. The molecule has 0 spiro atoms. The van der Waals surface area contributed by atoms with Crippen LogP contribution in [0, 0.1) is 0 Å². The standard InChI is InChI=1S/C92H86N6O6/c1-41(2)55-37-53(99)38-56(42(3)4)83(55)97-85(101)75-59-29-49(89(9,10)11)33-63-71(59)72-60(76(75)86(97)102)30-50(90(12,13)14)34-64(72)80-79(63)93-67-25-45-21-23-47-27-69-70(28-48(47)24-22-46(45)26-68(67)94-80)96-82-66-36-52(92(18,19)20)32-62-74(66)73-61(31-51(91(15,16)17)35-65(73)81(82)95-69)77-78(62)88(104)98(87(77)103)84-57(43(5)6)39-54(100)40-58(84)44(7)8/h21-44,99-100H,1-20H3. The number of aromatic nitrogens is 6. The van der Waals surface area contributed by atoms with E-state index in [9.17, 15) is 10.2 Å². The fourth-order valence-electron chi connectivity index (χ4n) is 16.9. The van der Waals surface area contributed by atoms with Crippen LogP contribution in [0.4, 0.5) is 0 Å². The summed E-state index contributed by atoms with van der Waals surface area (Å²) in [5.41, 5.74) is 10.5. The Labute approximate surface area is 601 Å². The summed E-state index contributed by atoms with van der Waals surface area (Å²) in [7, 11) is 0. The van der Waals surface area contributed by atoms with Crippen LogP contribution in [0.3, 0.4) is 0 Å². The number of hydrogen-bond donors (Lipinski definition) is 2. The molecule has 0 saturated carbocycles. The van der Waals surface area contributed by atoms with E-state index in [1.165, 1.54) is 9.13 Å². The van der Waals surface area contributed by atoms with Crippen LogP contribution in [0.5, 0.6) is 11.5 Å². The molecule has 0 aliphatic heterocycles. The molecule has 0 saturated heterocycles. The van der Waals surface area contributed by atoms with Crippen molar-refractivity contribution in [3.8, 4) is 22.9 Å². The van der Waals surface area contributed by atoms with Crippen LogP contribution >= 0.6 is 0 Å². The average Bonchev–Trinajstić information content (AvgIpc) is 0.829. The molecule has 17 rings (SSSR count). The molecule has 0 aliphatic rings. The van der Waals surface area contributed by atoms with Crippen molar-refractivity contribution in [2.75, 3.05) is 0 Å². The highest BCUT2D eigenvalue weighted by atomic mass is 16.3. The first-order valence-corrected chi connectivity index (χ1v) is 36.7. The summed E-state index contributed by atoms with van der Waals surface area (Å²) in [6.45, 7) is 42.2. The van der Waals surface area contributed by atoms with E-state index in [1.54, 1.807) is 24.3 Å². The maximum atomic E-state index is 15.9. The Morgan fingerprint density at radius 1 is 0.279 bits per heavy atom. The van der Waals surface area contributed by atoms with Gasteiger partial charge >= 0.3 is 0 Å². The van der Waals surface area contributed by atoms with Crippen LogP contribution < -0.4 is 22.2 Å². The van der Waals surface area contributed by atoms with E-state index < -0.39 is 0 Å². The molecule has 13 aromatic carbocycles. The second-order valence-electron chi connectivity index (χ2n) is 35.2. The van der Waals surface area contributed by atoms with Crippen LogP contribution in [-0.4, -0.2) is 39.3 Å². The summed E-state index contributed by atoms with van der Waals surface area (Å²) in [6, 6.07) is 41.2. The molecule has 0 aliphatic carbocycles. The number of phenols is 2. The molecule has 0 amide bonds. The topological polar surface area (TPSA) is 170 Å². The maximum absolute atomic E-state index is 15.9. The quantitative estimate of drug-likeness (QED) is 0.121. The molecule has 0 atom stereocenters. The third kappa shape index (κ3) is 9.54. The van der Waals surface area contributed by atoms with Crippen molar-refractivity contribution in [1.82, 2.24) is 29.1 Å². The summed E-state index contributed by atoms with van der Waals surface area (Å²) in [4.78, 5) is 86.1. The van der Waals surface area contributed by atoms with Gasteiger partial charge in [-0.05, 0) is 230 Å². The van der Waals surface area contributed by atoms with Crippen LogP contribution in [0.2, 0.25) is 0 Å². The van der Waals surface area contributed by atoms with E-state index in [4.69, 9.17) is 19.9 Å². The lowest BCUT2D eigenvalue weighted by atomic mass is 9.79. The second-order valence-corrected chi connectivity index (χ2v) is 35.2. The molecular weight excluding hydrogens is 1290 g/mol. The average molecular weight is 1370 g/mol. The normalized spacial score (nSPS) is 13.4. The van der Waals surface area contributed by atoms with Gasteiger partial charge in [-0.1, -0.05) is 163 Å². The van der Waals surface area contributed by atoms with E-state index in [1.807, 2.05) is 55.4 Å². The number of hydrogen-bond acceptors (Lipinski definition) is 10. The summed E-state index contributed by atoms with van der Waals surface area (Å²) in [5, 5.41) is 37.2. The van der Waals surface area contributed by atoms with Gasteiger partial charge in [-0.2, -0.15) is 0 Å². The van der Waals surface area contributed by atoms with Gasteiger partial charge in [0.15, 0.2) is 0 Å². The van der Waals surface area contributed by atoms with Crippen molar-refractivity contribution >= 4 is 152 Å². The first kappa shape index (κ1) is 66.5. The molecule has 0 bridgehead atoms. The molecule has 12 heteroatoms. The lowest BCUT2D eigenvalue weighted by Gasteiger charge is -2.25. The van der Waals surface area contributed by atoms with Gasteiger partial charge in [0, 0.05) is 43.1 Å². The second kappa shape index (κ2) is 21.9. The molecule has 4 aromatic heterocycles. The van der Waals surface area contributed by atoms with E-state index in [2.05, 4.69) is 180 Å². The van der Waals surface area contributed by atoms with E-state index in [0.29, 0.717) is 98.6 Å². The number of nitrogens with zero attached hydrogens (tertiary/aromatic N) is 6. The summed E-state index contributed by atoms with van der Waals surface area (Å²) >= 11 is 0. The van der Waals surface area contributed by atoms with Crippen molar-refractivity contribution in [2.24, 2.45) is 0 Å². The number of fused-ring (bicyclic) bond motifs is 16. The van der Waals surface area contributed by atoms with Crippen molar-refractivity contribution in [1.29, 1.82) is 0 Å². The molecule has 520 valence electrons. The first-order valence-electron chi connectivity index (χ1n) is 36.7. The monoisotopic (exact) mass is 1370 g/mol. The van der Waals surface area contributed by atoms with Crippen molar-refractivity contribution < 1.29 is 10.2 Å². The Balaban J connectivity index is 0.929. The Morgan fingerprint density at radius 3 is 0.654 bits per heavy atom. The zero-order valence-electron chi connectivity index (χ0n) is 63.1. The van der Waals surface area contributed by atoms with Crippen molar-refractivity contribution in [3.63, 3.8) is 0 Å². The minimum absolute atomic E-state index is 0.0955. The molecule has 0 fully saturated rings. The van der Waals surface area contributed by atoms with Gasteiger partial charge < -0.3 is 10.2 Å². The Hall–Kier alpha value is -10.7. The van der Waals surface area contributed by atoms with Gasteiger partial charge in [0.2, 0.25) is 0 Å². The smallest absolute Gasteiger partial charge is 0.266 e.